The van der Waals surface area contributed by atoms with Crippen molar-refractivity contribution in [2.45, 2.75) is 36.6 Å². The lowest BCUT2D eigenvalue weighted by molar-refractivity contribution is 0.0773. The molecule has 240 valence electrons. The Balaban J connectivity index is 1.22. The lowest BCUT2D eigenvalue weighted by atomic mass is 9.76. The van der Waals surface area contributed by atoms with Crippen molar-refractivity contribution < 1.29 is 19.4 Å². The Morgan fingerprint density at radius 2 is 1.74 bits per heavy atom. The van der Waals surface area contributed by atoms with E-state index in [0.717, 1.165) is 43.6 Å². The van der Waals surface area contributed by atoms with Gasteiger partial charge in [0, 0.05) is 31.6 Å². The third-order valence-electron chi connectivity index (χ3n) is 9.49. The van der Waals surface area contributed by atoms with Gasteiger partial charge in [-0.2, -0.15) is 0 Å². The summed E-state index contributed by atoms with van der Waals surface area (Å²) in [6.07, 6.45) is 3.29. The Morgan fingerprint density at radius 3 is 2.41 bits per heavy atom. The van der Waals surface area contributed by atoms with E-state index in [1.165, 1.54) is 11.0 Å². The second kappa shape index (κ2) is 13.3. The third-order valence-corrected chi connectivity index (χ3v) is 10.2. The number of carboxylic acid groups (broad SMARTS) is 1. The molecule has 0 aliphatic carbocycles. The van der Waals surface area contributed by atoms with Crippen LogP contribution in [-0.4, -0.2) is 86.9 Å². The molecule has 2 N–H and O–H groups in total. The molecule has 2 amide bonds. The minimum Gasteiger partial charge on any atom is -0.496 e. The molecule has 2 aliphatic heterocycles. The van der Waals surface area contributed by atoms with E-state index in [4.69, 9.17) is 27.9 Å². The second-order valence-electron chi connectivity index (χ2n) is 12.0. The van der Waals surface area contributed by atoms with Crippen LogP contribution in [0.25, 0.3) is 5.69 Å². The van der Waals surface area contributed by atoms with Gasteiger partial charge in [-0.1, -0.05) is 59.6 Å². The van der Waals surface area contributed by atoms with Crippen molar-refractivity contribution in [1.82, 2.24) is 35.3 Å². The minimum absolute atomic E-state index is 0.140. The molecule has 46 heavy (non-hydrogen) atoms. The van der Waals surface area contributed by atoms with Gasteiger partial charge < -0.3 is 25.0 Å². The van der Waals surface area contributed by atoms with E-state index in [2.05, 4.69) is 25.7 Å². The van der Waals surface area contributed by atoms with Crippen LogP contribution >= 0.6 is 23.2 Å². The number of ether oxygens (including phenoxy) is 1. The number of benzene rings is 3. The number of piperidine rings is 1. The molecule has 3 aromatic carbocycles. The summed E-state index contributed by atoms with van der Waals surface area (Å²) < 4.78 is 7.07. The van der Waals surface area contributed by atoms with Crippen LogP contribution in [0.1, 0.15) is 47.2 Å². The molecule has 6 rings (SSSR count). The lowest BCUT2D eigenvalue weighted by Gasteiger charge is -2.43. The number of aromatic nitrogens is 4. The van der Waals surface area contributed by atoms with Crippen LogP contribution in [0.15, 0.2) is 73.1 Å². The number of methoxy groups -OCH3 is 1. The van der Waals surface area contributed by atoms with Crippen LogP contribution in [0.2, 0.25) is 10.0 Å². The van der Waals surface area contributed by atoms with Gasteiger partial charge in [-0.3, -0.25) is 4.79 Å². The summed E-state index contributed by atoms with van der Waals surface area (Å²) in [5.41, 5.74) is 2.11. The van der Waals surface area contributed by atoms with Crippen LogP contribution in [0, 0.1) is 0 Å². The van der Waals surface area contributed by atoms with Gasteiger partial charge >= 0.3 is 6.09 Å². The number of tetrazole rings is 1. The van der Waals surface area contributed by atoms with E-state index < -0.39 is 11.6 Å². The first kappa shape index (κ1) is 31.8. The molecular formula is C33H35Cl2N7O4. The fourth-order valence-electron chi connectivity index (χ4n) is 6.89. The molecule has 0 radical (unpaired) electrons. The summed E-state index contributed by atoms with van der Waals surface area (Å²) in [7, 11) is 1.55. The van der Waals surface area contributed by atoms with Gasteiger partial charge in [0.05, 0.1) is 33.9 Å². The summed E-state index contributed by atoms with van der Waals surface area (Å²) in [4.78, 5) is 30.1. The standard InChI is InChI=1S/C33H35Cl2N7O4/c1-46-29-10-8-25(42-22-36-38-39-42)20-26(29)30(43)41-18-12-32(21-41,24-7-9-27(34)28(35)19-24)11-15-40-16-13-33(14-17-40,37-31(44)45)23-5-3-2-4-6-23/h2-10,19-20,22,37H,11-18,21H2,1H3,(H,44,45)/t32-/m0/s1. The van der Waals surface area contributed by atoms with Crippen LogP contribution in [0.3, 0.4) is 0 Å². The summed E-state index contributed by atoms with van der Waals surface area (Å²) in [6.45, 7) is 3.28. The normalized spacial score (nSPS) is 19.6. The van der Waals surface area contributed by atoms with Crippen molar-refractivity contribution in [2.75, 3.05) is 39.8 Å². The van der Waals surface area contributed by atoms with Gasteiger partial charge in [-0.15, -0.1) is 5.10 Å². The molecule has 0 saturated carbocycles. The molecule has 1 aromatic heterocycles. The van der Waals surface area contributed by atoms with Crippen LogP contribution < -0.4 is 10.1 Å². The molecule has 3 heterocycles. The van der Waals surface area contributed by atoms with Crippen LogP contribution in [0.5, 0.6) is 5.75 Å². The van der Waals surface area contributed by atoms with E-state index in [1.807, 2.05) is 53.4 Å². The number of nitrogens with one attached hydrogen (secondary N) is 1. The quantitative estimate of drug-likeness (QED) is 0.244. The Labute approximate surface area is 277 Å². The van der Waals surface area contributed by atoms with Gasteiger partial charge in [0.25, 0.3) is 5.91 Å². The molecule has 0 unspecified atom stereocenters. The van der Waals surface area contributed by atoms with Gasteiger partial charge in [0.1, 0.15) is 12.1 Å². The van der Waals surface area contributed by atoms with Crippen molar-refractivity contribution in [3.05, 3.63) is 99.8 Å². The summed E-state index contributed by atoms with van der Waals surface area (Å²) in [5.74, 6) is 0.332. The molecule has 13 heteroatoms. The topological polar surface area (TPSA) is 126 Å². The molecular weight excluding hydrogens is 629 g/mol. The fraction of sp³-hybridized carbons (Fsp3) is 0.364. The number of nitrogens with zero attached hydrogens (tertiary/aromatic N) is 6. The van der Waals surface area contributed by atoms with Gasteiger partial charge in [-0.25, -0.2) is 9.48 Å². The fourth-order valence-corrected chi connectivity index (χ4v) is 7.19. The van der Waals surface area contributed by atoms with Gasteiger partial charge in [0.2, 0.25) is 0 Å². The van der Waals surface area contributed by atoms with Crippen molar-refractivity contribution in [1.29, 1.82) is 0 Å². The van der Waals surface area contributed by atoms with Crippen molar-refractivity contribution in [3.8, 4) is 11.4 Å². The average Bonchev–Trinajstić information content (AvgIpc) is 3.77. The van der Waals surface area contributed by atoms with E-state index in [1.54, 1.807) is 25.3 Å². The van der Waals surface area contributed by atoms with Crippen LogP contribution in [0.4, 0.5) is 4.79 Å². The predicted octanol–water partition coefficient (Wildman–Crippen LogP) is 5.41. The molecule has 0 bridgehead atoms. The maximum Gasteiger partial charge on any atom is 0.405 e. The van der Waals surface area contributed by atoms with Gasteiger partial charge in [0.15, 0.2) is 0 Å². The maximum absolute atomic E-state index is 14.1. The first-order valence-corrected chi connectivity index (χ1v) is 15.9. The van der Waals surface area contributed by atoms with E-state index in [-0.39, 0.29) is 11.3 Å². The number of likely N-dealkylation sites (tertiary alicyclic amines) is 2. The molecule has 4 aromatic rings. The molecule has 1 atom stereocenters. The minimum atomic E-state index is -1.02. The molecule has 2 fully saturated rings. The zero-order chi connectivity index (χ0) is 32.3. The Bertz CT molecular complexity index is 1700. The SMILES string of the molecule is COc1ccc(-n2cnnn2)cc1C(=O)N1CC[C@](CCN2CCC(NC(=O)O)(c3ccccc3)CC2)(c2ccc(Cl)c(Cl)c2)C1. The van der Waals surface area contributed by atoms with Crippen molar-refractivity contribution >= 4 is 35.2 Å². The molecule has 2 saturated heterocycles. The molecule has 11 nitrogen and oxygen atoms in total. The lowest BCUT2D eigenvalue weighted by Crippen LogP contribution is -2.53. The smallest absolute Gasteiger partial charge is 0.405 e. The number of carbonyl (C=O) groups excluding carboxylic acids is 1. The number of rotatable bonds is 9. The number of hydrogen-bond acceptors (Lipinski definition) is 7. The van der Waals surface area contributed by atoms with Gasteiger partial charge in [-0.05, 0) is 84.1 Å². The first-order chi connectivity index (χ1) is 22.2. The van der Waals surface area contributed by atoms with Crippen LogP contribution in [-0.2, 0) is 11.0 Å². The Kier molecular flexibility index (Phi) is 9.17. The first-order valence-electron chi connectivity index (χ1n) is 15.2. The number of carbonyl (C=O) groups is 2. The van der Waals surface area contributed by atoms with E-state index >= 15 is 0 Å². The Morgan fingerprint density at radius 1 is 0.957 bits per heavy atom. The zero-order valence-corrected chi connectivity index (χ0v) is 26.9. The highest BCUT2D eigenvalue weighted by Gasteiger charge is 2.43. The van der Waals surface area contributed by atoms with Crippen molar-refractivity contribution in [2.24, 2.45) is 0 Å². The number of amides is 2. The summed E-state index contributed by atoms with van der Waals surface area (Å²) in [6, 6.07) is 20.8. The highest BCUT2D eigenvalue weighted by Crippen LogP contribution is 2.42. The third kappa shape index (κ3) is 6.40. The summed E-state index contributed by atoms with van der Waals surface area (Å²) >= 11 is 12.8. The zero-order valence-electron chi connectivity index (χ0n) is 25.4. The highest BCUT2D eigenvalue weighted by molar-refractivity contribution is 6.42. The number of hydrogen-bond donors (Lipinski definition) is 2. The molecule has 0 spiro atoms. The second-order valence-corrected chi connectivity index (χ2v) is 12.8. The summed E-state index contributed by atoms with van der Waals surface area (Å²) in [5, 5.41) is 24.8. The van der Waals surface area contributed by atoms with E-state index in [0.29, 0.717) is 53.0 Å². The predicted molar refractivity (Wildman–Crippen MR) is 174 cm³/mol. The average molecular weight is 665 g/mol. The monoisotopic (exact) mass is 663 g/mol. The maximum atomic E-state index is 14.1. The number of halogens is 2. The highest BCUT2D eigenvalue weighted by atomic mass is 35.5. The Hall–Kier alpha value is -4.19. The molecule has 2 aliphatic rings. The van der Waals surface area contributed by atoms with Crippen molar-refractivity contribution in [3.63, 3.8) is 0 Å². The van der Waals surface area contributed by atoms with E-state index in [9.17, 15) is 14.7 Å². The largest absolute Gasteiger partial charge is 0.496 e.